The van der Waals surface area contributed by atoms with E-state index in [1.54, 1.807) is 29.2 Å². The molecule has 12 heteroatoms. The monoisotopic (exact) mass is 560 g/mol. The maximum atomic E-state index is 12.8. The second kappa shape index (κ2) is 12.8. The molecule has 2 saturated heterocycles. The number of carbonyl (C=O) groups excluding carboxylic acids is 2. The lowest BCUT2D eigenvalue weighted by molar-refractivity contribution is 0.0303. The van der Waals surface area contributed by atoms with Crippen molar-refractivity contribution in [2.75, 3.05) is 54.9 Å². The van der Waals surface area contributed by atoms with Gasteiger partial charge in [-0.1, -0.05) is 0 Å². The summed E-state index contributed by atoms with van der Waals surface area (Å²) in [5, 5.41) is 15.0. The van der Waals surface area contributed by atoms with E-state index in [4.69, 9.17) is 15.2 Å². The molecule has 0 radical (unpaired) electrons. The van der Waals surface area contributed by atoms with Crippen LogP contribution in [0.4, 0.5) is 23.1 Å². The van der Waals surface area contributed by atoms with E-state index in [-0.39, 0.29) is 29.6 Å². The van der Waals surface area contributed by atoms with Crippen molar-refractivity contribution < 1.29 is 19.1 Å². The van der Waals surface area contributed by atoms with E-state index in [1.807, 2.05) is 43.0 Å². The molecule has 2 aromatic carbocycles. The lowest BCUT2D eigenvalue weighted by Crippen LogP contribution is -2.43. The van der Waals surface area contributed by atoms with Crippen molar-refractivity contribution in [3.05, 3.63) is 59.8 Å². The molecule has 216 valence electrons. The molecule has 41 heavy (non-hydrogen) atoms. The zero-order chi connectivity index (χ0) is 28.8. The number of nitrogens with zero attached hydrogens (tertiary/aromatic N) is 5. The number of aromatic nitrogens is 3. The number of hydrogen-bond donors (Lipinski definition) is 3. The van der Waals surface area contributed by atoms with Crippen LogP contribution in [-0.2, 0) is 4.74 Å². The number of carbonyl (C=O) groups is 2. The van der Waals surface area contributed by atoms with Crippen molar-refractivity contribution in [3.63, 3.8) is 0 Å². The highest BCUT2D eigenvalue weighted by molar-refractivity contribution is 5.97. The van der Waals surface area contributed by atoms with Crippen LogP contribution in [0.25, 0.3) is 0 Å². The number of ether oxygens (including phenoxy) is 2. The van der Waals surface area contributed by atoms with Crippen molar-refractivity contribution in [1.29, 1.82) is 0 Å². The third-order valence-corrected chi connectivity index (χ3v) is 6.90. The number of amides is 2. The van der Waals surface area contributed by atoms with Gasteiger partial charge in [-0.05, 0) is 75.2 Å². The molecule has 1 atom stereocenters. The van der Waals surface area contributed by atoms with Gasteiger partial charge in [-0.15, -0.1) is 10.2 Å². The average Bonchev–Trinajstić information content (AvgIpc) is 2.98. The molecule has 0 saturated carbocycles. The van der Waals surface area contributed by atoms with Crippen molar-refractivity contribution >= 4 is 35.0 Å². The van der Waals surface area contributed by atoms with Crippen LogP contribution < -0.4 is 26.0 Å². The number of morpholine rings is 1. The summed E-state index contributed by atoms with van der Waals surface area (Å²) in [6.07, 6.45) is 2.06. The van der Waals surface area contributed by atoms with Gasteiger partial charge in [-0.2, -0.15) is 4.98 Å². The Morgan fingerprint density at radius 3 is 2.39 bits per heavy atom. The summed E-state index contributed by atoms with van der Waals surface area (Å²) in [6.45, 7) is 7.65. The summed E-state index contributed by atoms with van der Waals surface area (Å²) >= 11 is 0. The van der Waals surface area contributed by atoms with Gasteiger partial charge in [-0.3, -0.25) is 9.59 Å². The molecule has 2 fully saturated rings. The van der Waals surface area contributed by atoms with Crippen LogP contribution in [0.15, 0.2) is 48.5 Å². The first-order valence-electron chi connectivity index (χ1n) is 13.9. The first-order valence-corrected chi connectivity index (χ1v) is 13.9. The van der Waals surface area contributed by atoms with Gasteiger partial charge in [0.1, 0.15) is 5.75 Å². The van der Waals surface area contributed by atoms with Crippen LogP contribution in [0.1, 0.15) is 47.5 Å². The minimum absolute atomic E-state index is 0.0447. The topological polar surface area (TPSA) is 148 Å². The van der Waals surface area contributed by atoms with Crippen molar-refractivity contribution in [2.24, 2.45) is 5.73 Å². The molecule has 3 heterocycles. The second-order valence-corrected chi connectivity index (χ2v) is 10.4. The molecule has 0 aliphatic carbocycles. The number of hydrogen-bond acceptors (Lipinski definition) is 10. The van der Waals surface area contributed by atoms with E-state index in [1.165, 1.54) is 0 Å². The molecule has 5 rings (SSSR count). The molecule has 4 N–H and O–H groups in total. The van der Waals surface area contributed by atoms with Crippen molar-refractivity contribution in [2.45, 2.75) is 38.8 Å². The lowest BCUT2D eigenvalue weighted by atomic mass is 10.1. The third kappa shape index (κ3) is 7.20. The third-order valence-electron chi connectivity index (χ3n) is 6.90. The Balaban J connectivity index is 1.26. The van der Waals surface area contributed by atoms with E-state index in [2.05, 4.69) is 25.8 Å². The predicted molar refractivity (Wildman–Crippen MR) is 156 cm³/mol. The van der Waals surface area contributed by atoms with Gasteiger partial charge in [0.2, 0.25) is 5.95 Å². The van der Waals surface area contributed by atoms with E-state index >= 15 is 0 Å². The van der Waals surface area contributed by atoms with E-state index < -0.39 is 5.91 Å². The molecule has 1 unspecified atom stereocenters. The number of anilines is 4. The fraction of sp³-hybridized carbons (Fsp3) is 0.414. The number of nitrogens with one attached hydrogen (secondary N) is 2. The Morgan fingerprint density at radius 2 is 1.71 bits per heavy atom. The summed E-state index contributed by atoms with van der Waals surface area (Å²) in [4.78, 5) is 33.3. The second-order valence-electron chi connectivity index (χ2n) is 10.4. The highest BCUT2D eigenvalue weighted by Gasteiger charge is 2.25. The fourth-order valence-corrected chi connectivity index (χ4v) is 4.90. The van der Waals surface area contributed by atoms with Gasteiger partial charge < -0.3 is 35.6 Å². The van der Waals surface area contributed by atoms with Crippen LogP contribution in [0, 0.1) is 0 Å². The van der Waals surface area contributed by atoms with Crippen LogP contribution in [0.3, 0.4) is 0 Å². The molecule has 3 aromatic rings. The highest BCUT2D eigenvalue weighted by Crippen LogP contribution is 2.24. The fourth-order valence-electron chi connectivity index (χ4n) is 4.90. The van der Waals surface area contributed by atoms with E-state index in [9.17, 15) is 9.59 Å². The largest absolute Gasteiger partial charge is 0.491 e. The van der Waals surface area contributed by atoms with Gasteiger partial charge in [0.25, 0.3) is 11.8 Å². The number of piperidine rings is 1. The molecule has 1 aromatic heterocycles. The van der Waals surface area contributed by atoms with E-state index in [0.717, 1.165) is 30.8 Å². The van der Waals surface area contributed by atoms with Crippen LogP contribution in [-0.4, -0.2) is 83.4 Å². The number of nitrogens with two attached hydrogens (primary N) is 1. The van der Waals surface area contributed by atoms with Crippen LogP contribution >= 0.6 is 0 Å². The van der Waals surface area contributed by atoms with Gasteiger partial charge in [0.05, 0.1) is 19.3 Å². The van der Waals surface area contributed by atoms with Gasteiger partial charge >= 0.3 is 0 Å². The maximum absolute atomic E-state index is 12.8. The molecule has 2 aliphatic rings. The summed E-state index contributed by atoms with van der Waals surface area (Å²) in [5.41, 5.74) is 7.74. The number of benzene rings is 2. The first-order chi connectivity index (χ1) is 19.9. The number of primary amides is 1. The molecule has 0 spiro atoms. The predicted octanol–water partition coefficient (Wildman–Crippen LogP) is 3.05. The standard InChI is InChI=1S/C29H36N8O4/c1-19(2)41-24-11-9-21(10-12-24)31-23-4-3-13-37(18-23)29-33-27(25(26(30)38)34-35-29)32-22-7-5-20(6-8-22)28(39)36-14-16-40-17-15-36/h5-12,19,23,31H,3-4,13-18H2,1-2H3,(H2,30,38)(H,32,33,35). The van der Waals surface area contributed by atoms with E-state index in [0.29, 0.717) is 50.0 Å². The molecule has 2 aliphatic heterocycles. The maximum Gasteiger partial charge on any atom is 0.273 e. The quantitative estimate of drug-likeness (QED) is 0.357. The molecule has 12 nitrogen and oxygen atoms in total. The first kappa shape index (κ1) is 28.1. The molecular weight excluding hydrogens is 524 g/mol. The molecule has 2 amide bonds. The SMILES string of the molecule is CC(C)Oc1ccc(NC2CCCN(c3nnc(C(N)=O)c(Nc4ccc(C(=O)N5CCOCC5)cc4)n3)C2)cc1. The Kier molecular flexibility index (Phi) is 8.78. The number of rotatable bonds is 9. The molecular formula is C29H36N8O4. The minimum atomic E-state index is -0.735. The van der Waals surface area contributed by atoms with Gasteiger partial charge in [0, 0.05) is 49.2 Å². The Morgan fingerprint density at radius 1 is 1.00 bits per heavy atom. The lowest BCUT2D eigenvalue weighted by Gasteiger charge is -2.33. The Hall–Kier alpha value is -4.45. The van der Waals surface area contributed by atoms with Gasteiger partial charge in [0.15, 0.2) is 11.5 Å². The summed E-state index contributed by atoms with van der Waals surface area (Å²) in [5.74, 6) is 0.676. The Bertz CT molecular complexity index is 1340. The summed E-state index contributed by atoms with van der Waals surface area (Å²) in [6, 6.07) is 15.1. The van der Waals surface area contributed by atoms with Gasteiger partial charge in [-0.25, -0.2) is 0 Å². The smallest absolute Gasteiger partial charge is 0.273 e. The zero-order valence-corrected chi connectivity index (χ0v) is 23.4. The van der Waals surface area contributed by atoms with Crippen LogP contribution in [0.5, 0.6) is 5.75 Å². The Labute approximate surface area is 239 Å². The summed E-state index contributed by atoms with van der Waals surface area (Å²) < 4.78 is 11.1. The van der Waals surface area contributed by atoms with Crippen molar-refractivity contribution in [3.8, 4) is 5.75 Å². The minimum Gasteiger partial charge on any atom is -0.491 e. The highest BCUT2D eigenvalue weighted by atomic mass is 16.5. The zero-order valence-electron chi connectivity index (χ0n) is 23.4. The van der Waals surface area contributed by atoms with Crippen LogP contribution in [0.2, 0.25) is 0 Å². The summed E-state index contributed by atoms with van der Waals surface area (Å²) in [7, 11) is 0. The average molecular weight is 561 g/mol. The van der Waals surface area contributed by atoms with Crippen molar-refractivity contribution in [1.82, 2.24) is 20.1 Å². The normalized spacial score (nSPS) is 17.3. The molecule has 0 bridgehead atoms.